The fourth-order valence-electron chi connectivity index (χ4n) is 3.19. The van der Waals surface area contributed by atoms with Crippen molar-refractivity contribution in [3.05, 3.63) is 88.9 Å². The van der Waals surface area contributed by atoms with Crippen LogP contribution < -0.4 is 10.6 Å². The molecule has 29 heavy (non-hydrogen) atoms. The third-order valence-electron chi connectivity index (χ3n) is 4.81. The zero-order valence-corrected chi connectivity index (χ0v) is 17.1. The molecular formula is C23H22N4OS. The third kappa shape index (κ3) is 4.27. The number of carbonyl (C=O) groups excluding carboxylic acids is 1. The van der Waals surface area contributed by atoms with Crippen molar-refractivity contribution < 1.29 is 4.79 Å². The van der Waals surface area contributed by atoms with Crippen LogP contribution in [0.15, 0.2) is 72.1 Å². The third-order valence-corrected chi connectivity index (χ3v) is 5.72. The predicted octanol–water partition coefficient (Wildman–Crippen LogP) is 5.36. The van der Waals surface area contributed by atoms with Gasteiger partial charge in [0.2, 0.25) is 5.95 Å². The van der Waals surface area contributed by atoms with Gasteiger partial charge < -0.3 is 10.6 Å². The smallest absolute Gasteiger partial charge is 0.272 e. The quantitative estimate of drug-likeness (QED) is 0.456. The summed E-state index contributed by atoms with van der Waals surface area (Å²) < 4.78 is 0.792. The molecule has 5 nitrogen and oxygen atoms in total. The number of anilines is 1. The minimum Gasteiger partial charge on any atom is -0.348 e. The highest BCUT2D eigenvalue weighted by Crippen LogP contribution is 2.26. The van der Waals surface area contributed by atoms with Gasteiger partial charge in [-0.1, -0.05) is 60.7 Å². The van der Waals surface area contributed by atoms with E-state index in [0.29, 0.717) is 11.6 Å². The number of rotatable bonds is 6. The number of benzene rings is 2. The summed E-state index contributed by atoms with van der Waals surface area (Å²) in [7, 11) is 0. The van der Waals surface area contributed by atoms with Crippen LogP contribution in [0.4, 0.5) is 5.95 Å². The van der Waals surface area contributed by atoms with Crippen molar-refractivity contribution in [1.29, 1.82) is 0 Å². The molecule has 6 heteroatoms. The van der Waals surface area contributed by atoms with Crippen LogP contribution in [-0.4, -0.2) is 15.9 Å². The van der Waals surface area contributed by atoms with Crippen molar-refractivity contribution >= 4 is 33.4 Å². The van der Waals surface area contributed by atoms with E-state index in [9.17, 15) is 4.79 Å². The molecule has 0 aliphatic rings. The van der Waals surface area contributed by atoms with Gasteiger partial charge in [-0.3, -0.25) is 4.79 Å². The van der Waals surface area contributed by atoms with E-state index in [2.05, 4.69) is 32.7 Å². The van der Waals surface area contributed by atoms with Crippen LogP contribution in [0.3, 0.4) is 0 Å². The van der Waals surface area contributed by atoms with Gasteiger partial charge in [-0.2, -0.15) is 0 Å². The second kappa shape index (κ2) is 8.41. The zero-order valence-electron chi connectivity index (χ0n) is 16.3. The van der Waals surface area contributed by atoms with Gasteiger partial charge in [0.15, 0.2) is 5.69 Å². The zero-order chi connectivity index (χ0) is 20.2. The maximum Gasteiger partial charge on any atom is 0.272 e. The Morgan fingerprint density at radius 3 is 2.14 bits per heavy atom. The highest BCUT2D eigenvalue weighted by Gasteiger charge is 2.19. The van der Waals surface area contributed by atoms with Crippen LogP contribution in [0.1, 0.15) is 47.5 Å². The monoisotopic (exact) mass is 402 g/mol. The first-order chi connectivity index (χ1) is 14.1. The second-order valence-electron chi connectivity index (χ2n) is 6.91. The van der Waals surface area contributed by atoms with E-state index in [0.717, 1.165) is 21.3 Å². The molecule has 0 fully saturated rings. The highest BCUT2D eigenvalue weighted by molar-refractivity contribution is 7.17. The molecule has 2 aromatic heterocycles. The number of nitrogens with zero attached hydrogens (tertiary/aromatic N) is 2. The number of thiophene rings is 1. The van der Waals surface area contributed by atoms with E-state index >= 15 is 0 Å². The molecule has 2 aromatic carbocycles. The topological polar surface area (TPSA) is 66.9 Å². The lowest BCUT2D eigenvalue weighted by Crippen LogP contribution is -2.28. The molecule has 4 aromatic rings. The van der Waals surface area contributed by atoms with E-state index in [4.69, 9.17) is 0 Å². The first-order valence-electron chi connectivity index (χ1n) is 9.54. The molecule has 0 aliphatic heterocycles. The van der Waals surface area contributed by atoms with Crippen LogP contribution in [0.25, 0.3) is 10.2 Å². The summed E-state index contributed by atoms with van der Waals surface area (Å²) in [6, 6.07) is 21.8. The van der Waals surface area contributed by atoms with Crippen molar-refractivity contribution in [2.75, 3.05) is 5.32 Å². The van der Waals surface area contributed by atoms with E-state index in [1.165, 1.54) is 11.3 Å². The Morgan fingerprint density at radius 1 is 0.862 bits per heavy atom. The molecule has 1 amide bonds. The lowest BCUT2D eigenvalue weighted by Gasteiger charge is -2.16. The summed E-state index contributed by atoms with van der Waals surface area (Å²) >= 11 is 1.48. The fraction of sp³-hybridized carbons (Fsp3) is 0.174. The number of hydrogen-bond donors (Lipinski definition) is 2. The normalized spacial score (nSPS) is 13.0. The van der Waals surface area contributed by atoms with Gasteiger partial charge in [0.25, 0.3) is 5.91 Å². The molecule has 0 bridgehead atoms. The Balaban J connectivity index is 1.60. The number of nitrogens with one attached hydrogen (secondary N) is 2. The summed E-state index contributed by atoms with van der Waals surface area (Å²) in [4.78, 5) is 22.2. The van der Waals surface area contributed by atoms with Crippen LogP contribution >= 0.6 is 11.3 Å². The molecule has 0 aliphatic carbocycles. The summed E-state index contributed by atoms with van der Waals surface area (Å²) in [5, 5.41) is 8.31. The van der Waals surface area contributed by atoms with Crippen molar-refractivity contribution in [1.82, 2.24) is 15.3 Å². The van der Waals surface area contributed by atoms with E-state index in [-0.39, 0.29) is 18.0 Å². The molecule has 0 unspecified atom stereocenters. The molecule has 146 valence electrons. The van der Waals surface area contributed by atoms with Gasteiger partial charge in [0, 0.05) is 0 Å². The minimum atomic E-state index is -0.202. The maximum atomic E-state index is 13.0. The maximum absolute atomic E-state index is 13.0. The molecule has 0 saturated heterocycles. The Kier molecular flexibility index (Phi) is 5.53. The summed E-state index contributed by atoms with van der Waals surface area (Å²) in [5.74, 6) is 0.247. The average Bonchev–Trinajstić information content (AvgIpc) is 3.23. The van der Waals surface area contributed by atoms with Gasteiger partial charge in [-0.25, -0.2) is 9.97 Å². The molecule has 0 spiro atoms. The number of amides is 1. The van der Waals surface area contributed by atoms with Gasteiger partial charge in [-0.15, -0.1) is 11.3 Å². The Bertz CT molecular complexity index is 1110. The Hall–Kier alpha value is -3.25. The largest absolute Gasteiger partial charge is 0.348 e. The van der Waals surface area contributed by atoms with Gasteiger partial charge >= 0.3 is 0 Å². The van der Waals surface area contributed by atoms with Crippen LogP contribution in [0.5, 0.6) is 0 Å². The lowest BCUT2D eigenvalue weighted by molar-refractivity contribution is 0.0937. The SMILES string of the molecule is C[C@H](NC(=O)c1nc(N[C@@H](C)c2ccccc2)nc2ccsc12)c1ccccc1. The highest BCUT2D eigenvalue weighted by atomic mass is 32.1. The van der Waals surface area contributed by atoms with Gasteiger partial charge in [-0.05, 0) is 36.4 Å². The second-order valence-corrected chi connectivity index (χ2v) is 7.83. The van der Waals surface area contributed by atoms with Gasteiger partial charge in [0.05, 0.1) is 22.3 Å². The van der Waals surface area contributed by atoms with Crippen LogP contribution in [-0.2, 0) is 0 Å². The molecule has 2 N–H and O–H groups in total. The number of hydrogen-bond acceptors (Lipinski definition) is 5. The first-order valence-corrected chi connectivity index (χ1v) is 10.4. The summed E-state index contributed by atoms with van der Waals surface area (Å²) in [5.41, 5.74) is 3.35. The molecular weight excluding hydrogens is 380 g/mol. The van der Waals surface area contributed by atoms with Crippen molar-refractivity contribution in [3.63, 3.8) is 0 Å². The Morgan fingerprint density at radius 2 is 1.48 bits per heavy atom. The molecule has 2 heterocycles. The minimum absolute atomic E-state index is 0.0199. The number of aromatic nitrogens is 2. The van der Waals surface area contributed by atoms with Crippen molar-refractivity contribution in [3.8, 4) is 0 Å². The van der Waals surface area contributed by atoms with E-state index < -0.39 is 0 Å². The van der Waals surface area contributed by atoms with Crippen molar-refractivity contribution in [2.45, 2.75) is 25.9 Å². The molecule has 2 atom stereocenters. The molecule has 4 rings (SSSR count). The van der Waals surface area contributed by atoms with E-state index in [1.807, 2.05) is 73.8 Å². The number of fused-ring (bicyclic) bond motifs is 1. The average molecular weight is 403 g/mol. The lowest BCUT2D eigenvalue weighted by atomic mass is 10.1. The summed E-state index contributed by atoms with van der Waals surface area (Å²) in [6.07, 6.45) is 0. The Labute approximate surface area is 173 Å². The van der Waals surface area contributed by atoms with Crippen LogP contribution in [0, 0.1) is 0 Å². The molecule has 0 radical (unpaired) electrons. The van der Waals surface area contributed by atoms with Crippen molar-refractivity contribution in [2.24, 2.45) is 0 Å². The fourth-order valence-corrected chi connectivity index (χ4v) is 4.01. The molecule has 0 saturated carbocycles. The standard InChI is InChI=1S/C23H22N4OS/c1-15(17-9-5-3-6-10-17)24-22(28)20-21-19(13-14-29-21)26-23(27-20)25-16(2)18-11-7-4-8-12-18/h3-16H,1-2H3,(H,24,28)(H,25,26,27)/t15-,16-/m0/s1. The predicted molar refractivity (Wildman–Crippen MR) is 118 cm³/mol. The number of carbonyl (C=O) groups is 1. The summed E-state index contributed by atoms with van der Waals surface area (Å²) in [6.45, 7) is 4.02. The first kappa shape index (κ1) is 19.1. The van der Waals surface area contributed by atoms with E-state index in [1.54, 1.807) is 0 Å². The van der Waals surface area contributed by atoms with Gasteiger partial charge in [0.1, 0.15) is 0 Å². The van der Waals surface area contributed by atoms with Crippen LogP contribution in [0.2, 0.25) is 0 Å².